The zero-order valence-corrected chi connectivity index (χ0v) is 25.3. The minimum atomic E-state index is -0.180. The third-order valence-electron chi connectivity index (χ3n) is 7.63. The van der Waals surface area contributed by atoms with E-state index in [0.29, 0.717) is 24.1 Å². The SMILES string of the molecule is CCCCCCCCCCCCCCCC(=O)OCC[N+](C)(C)Cc1cnc(C)c2c1COC(CCC)O2. The van der Waals surface area contributed by atoms with E-state index in [1.54, 1.807) is 0 Å². The Bertz CT molecular complexity index is 796. The molecule has 1 aromatic rings. The average molecular weight is 534 g/mol. The first-order chi connectivity index (χ1) is 18.4. The molecule has 0 saturated carbocycles. The van der Waals surface area contributed by atoms with E-state index in [2.05, 4.69) is 32.9 Å². The summed E-state index contributed by atoms with van der Waals surface area (Å²) >= 11 is 0. The first kappa shape index (κ1) is 32.6. The number of esters is 1. The van der Waals surface area contributed by atoms with Gasteiger partial charge in [-0.1, -0.05) is 97.3 Å². The summed E-state index contributed by atoms with van der Waals surface area (Å²) in [6.45, 7) is 8.95. The molecule has 2 rings (SSSR count). The Balaban J connectivity index is 1.56. The summed E-state index contributed by atoms with van der Waals surface area (Å²) in [6.07, 6.45) is 21.2. The highest BCUT2D eigenvalue weighted by Crippen LogP contribution is 2.33. The van der Waals surface area contributed by atoms with Gasteiger partial charge < -0.3 is 18.7 Å². The number of ether oxygens (including phenoxy) is 3. The molecule has 0 saturated heterocycles. The average Bonchev–Trinajstić information content (AvgIpc) is 2.88. The smallest absolute Gasteiger partial charge is 0.305 e. The largest absolute Gasteiger partial charge is 0.463 e. The van der Waals surface area contributed by atoms with Crippen LogP contribution in [0.5, 0.6) is 5.75 Å². The molecule has 1 aromatic heterocycles. The van der Waals surface area contributed by atoms with Crippen LogP contribution in [0.2, 0.25) is 0 Å². The highest BCUT2D eigenvalue weighted by molar-refractivity contribution is 5.69. The van der Waals surface area contributed by atoms with E-state index in [1.807, 2.05) is 13.1 Å². The van der Waals surface area contributed by atoms with Crippen molar-refractivity contribution >= 4 is 5.97 Å². The molecular formula is C32H57N2O4+. The zero-order valence-electron chi connectivity index (χ0n) is 25.3. The van der Waals surface area contributed by atoms with E-state index in [-0.39, 0.29) is 12.3 Å². The molecule has 0 fully saturated rings. The van der Waals surface area contributed by atoms with Gasteiger partial charge in [-0.3, -0.25) is 9.78 Å². The summed E-state index contributed by atoms with van der Waals surface area (Å²) in [6, 6.07) is 0. The molecule has 0 amide bonds. The van der Waals surface area contributed by atoms with Crippen molar-refractivity contribution in [1.29, 1.82) is 0 Å². The number of likely N-dealkylation sites (N-methyl/N-ethyl adjacent to an activating group) is 1. The molecule has 6 heteroatoms. The number of pyridine rings is 1. The summed E-state index contributed by atoms with van der Waals surface area (Å²) in [5.41, 5.74) is 3.17. The number of unbranched alkanes of at least 4 members (excludes halogenated alkanes) is 12. The Kier molecular flexibility index (Phi) is 15.9. The minimum Gasteiger partial charge on any atom is -0.463 e. The van der Waals surface area contributed by atoms with Crippen molar-refractivity contribution in [3.05, 3.63) is 23.0 Å². The van der Waals surface area contributed by atoms with Crippen LogP contribution in [0.3, 0.4) is 0 Å². The lowest BCUT2D eigenvalue weighted by atomic mass is 10.0. The number of aromatic nitrogens is 1. The number of quaternary nitrogens is 1. The van der Waals surface area contributed by atoms with Crippen LogP contribution < -0.4 is 4.74 Å². The second kappa shape index (κ2) is 18.6. The molecule has 38 heavy (non-hydrogen) atoms. The molecule has 0 aromatic carbocycles. The van der Waals surface area contributed by atoms with Gasteiger partial charge in [0.05, 0.1) is 26.4 Å². The van der Waals surface area contributed by atoms with Crippen LogP contribution in [0.1, 0.15) is 133 Å². The third-order valence-corrected chi connectivity index (χ3v) is 7.63. The monoisotopic (exact) mass is 533 g/mol. The lowest BCUT2D eigenvalue weighted by Crippen LogP contribution is -2.42. The fourth-order valence-electron chi connectivity index (χ4n) is 5.15. The van der Waals surface area contributed by atoms with E-state index in [4.69, 9.17) is 14.2 Å². The molecule has 1 aliphatic heterocycles. The van der Waals surface area contributed by atoms with E-state index >= 15 is 0 Å². The van der Waals surface area contributed by atoms with Crippen molar-refractivity contribution < 1.29 is 23.5 Å². The van der Waals surface area contributed by atoms with Gasteiger partial charge in [-0.05, 0) is 13.3 Å². The molecule has 0 bridgehead atoms. The van der Waals surface area contributed by atoms with Crippen LogP contribution >= 0.6 is 0 Å². The van der Waals surface area contributed by atoms with E-state index < -0.39 is 0 Å². The van der Waals surface area contributed by atoms with E-state index in [1.165, 1.54) is 70.6 Å². The Hall–Kier alpha value is -1.66. The number of rotatable bonds is 21. The molecule has 6 nitrogen and oxygen atoms in total. The van der Waals surface area contributed by atoms with Crippen LogP contribution in [0.25, 0.3) is 0 Å². The summed E-state index contributed by atoms with van der Waals surface area (Å²) in [5.74, 6) is 0.822. The highest BCUT2D eigenvalue weighted by atomic mass is 16.7. The van der Waals surface area contributed by atoms with Gasteiger partial charge >= 0.3 is 5.97 Å². The number of nitrogens with zero attached hydrogens (tertiary/aromatic N) is 2. The van der Waals surface area contributed by atoms with Crippen LogP contribution in [0, 0.1) is 6.92 Å². The summed E-state index contributed by atoms with van der Waals surface area (Å²) < 4.78 is 18.3. The fourth-order valence-corrected chi connectivity index (χ4v) is 5.15. The summed E-state index contributed by atoms with van der Waals surface area (Å²) in [7, 11) is 4.33. The molecule has 1 unspecified atom stereocenters. The van der Waals surface area contributed by atoms with Crippen molar-refractivity contribution in [3.8, 4) is 5.75 Å². The lowest BCUT2D eigenvalue weighted by molar-refractivity contribution is -0.903. The van der Waals surface area contributed by atoms with Gasteiger partial charge in [-0.25, -0.2) is 0 Å². The van der Waals surface area contributed by atoms with Gasteiger partial charge in [0.2, 0.25) is 0 Å². The zero-order chi connectivity index (χ0) is 27.6. The molecule has 0 radical (unpaired) electrons. The quantitative estimate of drug-likeness (QED) is 0.0909. The number of hydrogen-bond acceptors (Lipinski definition) is 5. The van der Waals surface area contributed by atoms with Gasteiger partial charge in [0.15, 0.2) is 6.29 Å². The fraction of sp³-hybridized carbons (Fsp3) is 0.812. The van der Waals surface area contributed by atoms with Crippen LogP contribution in [-0.2, 0) is 27.4 Å². The number of carbonyl (C=O) groups excluding carboxylic acids is 1. The topological polar surface area (TPSA) is 57.7 Å². The molecule has 2 heterocycles. The van der Waals surface area contributed by atoms with Crippen LogP contribution in [-0.4, -0.2) is 49.0 Å². The summed E-state index contributed by atoms with van der Waals surface area (Å²) in [4.78, 5) is 16.8. The van der Waals surface area contributed by atoms with Crippen LogP contribution in [0.4, 0.5) is 0 Å². The van der Waals surface area contributed by atoms with Crippen LogP contribution in [0.15, 0.2) is 6.20 Å². The maximum atomic E-state index is 12.2. The molecule has 218 valence electrons. The second-order valence-electron chi connectivity index (χ2n) is 11.9. The van der Waals surface area contributed by atoms with Crippen molar-refractivity contribution in [2.75, 3.05) is 27.2 Å². The Morgan fingerprint density at radius 2 is 1.55 bits per heavy atom. The number of fused-ring (bicyclic) bond motifs is 1. The predicted octanol–water partition coefficient (Wildman–Crippen LogP) is 8.03. The van der Waals surface area contributed by atoms with Gasteiger partial charge in [0.1, 0.15) is 25.4 Å². The third kappa shape index (κ3) is 12.9. The molecular weight excluding hydrogens is 476 g/mol. The van der Waals surface area contributed by atoms with Gasteiger partial charge in [-0.2, -0.15) is 0 Å². The molecule has 1 atom stereocenters. The van der Waals surface area contributed by atoms with Gasteiger partial charge in [0, 0.05) is 30.2 Å². The molecule has 0 spiro atoms. The maximum Gasteiger partial charge on any atom is 0.305 e. The van der Waals surface area contributed by atoms with E-state index in [0.717, 1.165) is 61.3 Å². The Labute approximate surface area is 233 Å². The number of carbonyl (C=O) groups is 1. The Morgan fingerprint density at radius 1 is 0.947 bits per heavy atom. The van der Waals surface area contributed by atoms with Gasteiger partial charge in [-0.15, -0.1) is 0 Å². The number of aryl methyl sites for hydroxylation is 1. The van der Waals surface area contributed by atoms with Crippen molar-refractivity contribution in [1.82, 2.24) is 4.98 Å². The highest BCUT2D eigenvalue weighted by Gasteiger charge is 2.27. The molecule has 1 aliphatic rings. The Morgan fingerprint density at radius 3 is 2.16 bits per heavy atom. The summed E-state index contributed by atoms with van der Waals surface area (Å²) in [5, 5.41) is 0. The molecule has 0 aliphatic carbocycles. The number of hydrogen-bond donors (Lipinski definition) is 0. The maximum absolute atomic E-state index is 12.2. The van der Waals surface area contributed by atoms with Gasteiger partial charge in [0.25, 0.3) is 0 Å². The first-order valence-electron chi connectivity index (χ1n) is 15.6. The standard InChI is InChI=1S/C32H57N2O4/c1-6-8-9-10-11-12-13-14-15-16-17-18-19-21-30(35)36-23-22-34(4,5)25-28-24-33-27(3)32-29(28)26-37-31(38-32)20-7-2/h24,31H,6-23,25-26H2,1-5H3/q+1. The second-order valence-corrected chi connectivity index (χ2v) is 11.9. The first-order valence-corrected chi connectivity index (χ1v) is 15.6. The van der Waals surface area contributed by atoms with Crippen molar-refractivity contribution in [2.24, 2.45) is 0 Å². The minimum absolute atomic E-state index is 0.0637. The van der Waals surface area contributed by atoms with E-state index in [9.17, 15) is 4.79 Å². The normalized spacial score (nSPS) is 15.2. The lowest BCUT2D eigenvalue weighted by Gasteiger charge is -2.33. The van der Waals surface area contributed by atoms with Crippen molar-refractivity contribution in [3.63, 3.8) is 0 Å². The van der Waals surface area contributed by atoms with Crippen molar-refractivity contribution in [2.45, 2.75) is 143 Å². The predicted molar refractivity (Wildman–Crippen MR) is 155 cm³/mol. The molecule has 0 N–H and O–H groups in total.